The van der Waals surface area contributed by atoms with Gasteiger partial charge in [-0.1, -0.05) is 17.7 Å². The van der Waals surface area contributed by atoms with Crippen LogP contribution in [0.3, 0.4) is 0 Å². The molecule has 2 aromatic rings. The fraction of sp³-hybridized carbons (Fsp3) is 0.400. The number of carbonyl (C=O) groups is 1. The molecule has 0 atom stereocenters. The molecule has 0 fully saturated rings. The van der Waals surface area contributed by atoms with Gasteiger partial charge in [-0.05, 0) is 67.9 Å². The van der Waals surface area contributed by atoms with Crippen LogP contribution in [0, 0.1) is 0 Å². The van der Waals surface area contributed by atoms with E-state index in [1.165, 1.54) is 12.0 Å². The molecule has 1 aliphatic carbocycles. The molecule has 5 heteroatoms. The summed E-state index contributed by atoms with van der Waals surface area (Å²) in [6.07, 6.45) is 6.11. The molecule has 25 heavy (non-hydrogen) atoms. The summed E-state index contributed by atoms with van der Waals surface area (Å²) in [4.78, 5) is 19.6. The van der Waals surface area contributed by atoms with Crippen molar-refractivity contribution >= 4 is 23.2 Å². The number of benzene rings is 1. The number of hydrogen-bond donors (Lipinski definition) is 0. The predicted molar refractivity (Wildman–Crippen MR) is 98.9 cm³/mol. The summed E-state index contributed by atoms with van der Waals surface area (Å²) in [5, 5.41) is 0.687. The fourth-order valence-corrected chi connectivity index (χ4v) is 4.10. The van der Waals surface area contributed by atoms with Gasteiger partial charge in [0.05, 0.1) is 12.8 Å². The Balaban J connectivity index is 1.74. The molecule has 0 radical (unpaired) electrons. The first-order valence-corrected chi connectivity index (χ1v) is 9.23. The van der Waals surface area contributed by atoms with Crippen LogP contribution in [-0.2, 0) is 19.3 Å². The minimum Gasteiger partial charge on any atom is -0.495 e. The molecule has 0 N–H and O–H groups in total. The molecule has 130 valence electrons. The molecule has 0 saturated carbocycles. The minimum absolute atomic E-state index is 0.0742. The highest BCUT2D eigenvalue weighted by Crippen LogP contribution is 2.40. The number of rotatable bonds is 2. The number of aryl methyl sites for hydroxylation is 2. The third-order valence-electron chi connectivity index (χ3n) is 5.13. The quantitative estimate of drug-likeness (QED) is 0.809. The van der Waals surface area contributed by atoms with Crippen LogP contribution in [0.5, 0.6) is 5.75 Å². The van der Waals surface area contributed by atoms with Crippen LogP contribution >= 0.6 is 11.6 Å². The Morgan fingerprint density at radius 3 is 2.80 bits per heavy atom. The van der Waals surface area contributed by atoms with Crippen molar-refractivity contribution in [2.75, 3.05) is 18.6 Å². The molecule has 2 heterocycles. The van der Waals surface area contributed by atoms with E-state index >= 15 is 0 Å². The Bertz CT molecular complexity index is 835. The van der Waals surface area contributed by atoms with Crippen molar-refractivity contribution in [2.45, 2.75) is 38.5 Å². The first kappa shape index (κ1) is 16.4. The van der Waals surface area contributed by atoms with E-state index in [2.05, 4.69) is 11.1 Å². The van der Waals surface area contributed by atoms with Gasteiger partial charge >= 0.3 is 0 Å². The van der Waals surface area contributed by atoms with Gasteiger partial charge in [-0.3, -0.25) is 4.79 Å². The third-order valence-corrected chi connectivity index (χ3v) is 5.48. The smallest absolute Gasteiger partial charge is 0.276 e. The molecule has 4 rings (SSSR count). The van der Waals surface area contributed by atoms with Crippen LogP contribution in [0.4, 0.5) is 5.69 Å². The summed E-state index contributed by atoms with van der Waals surface area (Å²) in [5.41, 5.74) is 4.65. The lowest BCUT2D eigenvalue weighted by Gasteiger charge is -2.31. The topological polar surface area (TPSA) is 42.4 Å². The van der Waals surface area contributed by atoms with E-state index in [1.807, 2.05) is 18.2 Å². The van der Waals surface area contributed by atoms with Crippen molar-refractivity contribution in [2.24, 2.45) is 0 Å². The molecular weight excluding hydrogens is 336 g/mol. The number of halogens is 1. The molecule has 0 spiro atoms. The van der Waals surface area contributed by atoms with Crippen LogP contribution in [0.25, 0.3) is 0 Å². The lowest BCUT2D eigenvalue weighted by Crippen LogP contribution is -2.36. The number of nitrogens with zero attached hydrogens (tertiary/aromatic N) is 2. The Morgan fingerprint density at radius 1 is 1.12 bits per heavy atom. The van der Waals surface area contributed by atoms with Gasteiger partial charge < -0.3 is 9.64 Å². The first-order chi connectivity index (χ1) is 12.2. The van der Waals surface area contributed by atoms with Crippen molar-refractivity contribution < 1.29 is 9.53 Å². The van der Waals surface area contributed by atoms with Crippen LogP contribution in [0.2, 0.25) is 5.02 Å². The zero-order valence-electron chi connectivity index (χ0n) is 14.3. The normalized spacial score (nSPS) is 16.2. The first-order valence-electron chi connectivity index (χ1n) is 8.85. The second kappa shape index (κ2) is 6.68. The number of carbonyl (C=O) groups excluding carboxylic acids is 1. The van der Waals surface area contributed by atoms with Crippen molar-refractivity contribution in [3.05, 3.63) is 51.8 Å². The molecule has 1 amide bonds. The van der Waals surface area contributed by atoms with Crippen molar-refractivity contribution in [1.82, 2.24) is 4.98 Å². The maximum absolute atomic E-state index is 13.2. The Labute approximate surface area is 152 Å². The fourth-order valence-electron chi connectivity index (χ4n) is 3.86. The molecule has 1 aromatic heterocycles. The Hall–Kier alpha value is -2.07. The molecule has 0 saturated heterocycles. The van der Waals surface area contributed by atoms with Crippen LogP contribution in [0.1, 0.15) is 46.6 Å². The molecule has 1 aromatic carbocycles. The summed E-state index contributed by atoms with van der Waals surface area (Å²) < 4.78 is 5.50. The number of ether oxygens (including phenoxy) is 1. The van der Waals surface area contributed by atoms with E-state index in [-0.39, 0.29) is 5.91 Å². The van der Waals surface area contributed by atoms with E-state index in [1.54, 1.807) is 12.0 Å². The van der Waals surface area contributed by atoms with Gasteiger partial charge in [0.2, 0.25) is 0 Å². The van der Waals surface area contributed by atoms with Crippen LogP contribution < -0.4 is 9.64 Å². The zero-order chi connectivity index (χ0) is 17.4. The van der Waals surface area contributed by atoms with Crippen LogP contribution in [0.15, 0.2) is 24.3 Å². The van der Waals surface area contributed by atoms with E-state index in [4.69, 9.17) is 16.3 Å². The standard InChI is InChI=1S/C20H21ClN2O2/c1-25-18-11-9-15(21)14-6-4-12-23(19(14)18)20(24)17-10-8-13-5-2-3-7-16(13)22-17/h8-11H,2-7,12H2,1H3. The van der Waals surface area contributed by atoms with Crippen LogP contribution in [-0.4, -0.2) is 24.5 Å². The number of hydrogen-bond acceptors (Lipinski definition) is 3. The van der Waals surface area contributed by atoms with E-state index in [0.717, 1.165) is 49.0 Å². The lowest BCUT2D eigenvalue weighted by atomic mass is 9.95. The summed E-state index contributed by atoms with van der Waals surface area (Å²) in [6.45, 7) is 0.654. The largest absolute Gasteiger partial charge is 0.495 e. The van der Waals surface area contributed by atoms with Crippen molar-refractivity contribution in [3.8, 4) is 5.75 Å². The highest BCUT2D eigenvalue weighted by Gasteiger charge is 2.29. The van der Waals surface area contributed by atoms with E-state index < -0.39 is 0 Å². The monoisotopic (exact) mass is 356 g/mol. The van der Waals surface area contributed by atoms with Crippen molar-refractivity contribution in [3.63, 3.8) is 0 Å². The average Bonchev–Trinajstić information content (AvgIpc) is 2.67. The predicted octanol–water partition coefficient (Wildman–Crippen LogP) is 4.22. The number of pyridine rings is 1. The highest BCUT2D eigenvalue weighted by atomic mass is 35.5. The molecule has 1 aliphatic heterocycles. The van der Waals surface area contributed by atoms with E-state index in [0.29, 0.717) is 23.0 Å². The molecule has 0 bridgehead atoms. The SMILES string of the molecule is COc1ccc(Cl)c2c1N(C(=O)c1ccc3c(n1)CCCC3)CCC2. The van der Waals surface area contributed by atoms with Gasteiger partial charge in [0.25, 0.3) is 5.91 Å². The summed E-state index contributed by atoms with van der Waals surface area (Å²) in [6, 6.07) is 7.59. The Kier molecular flexibility index (Phi) is 4.38. The average molecular weight is 357 g/mol. The summed E-state index contributed by atoms with van der Waals surface area (Å²) >= 11 is 6.37. The third kappa shape index (κ3) is 2.89. The molecule has 0 unspecified atom stereocenters. The van der Waals surface area contributed by atoms with Gasteiger partial charge in [0, 0.05) is 17.3 Å². The molecular formula is C20H21ClN2O2. The second-order valence-corrected chi connectivity index (χ2v) is 7.05. The second-order valence-electron chi connectivity index (χ2n) is 6.65. The Morgan fingerprint density at radius 2 is 1.96 bits per heavy atom. The van der Waals surface area contributed by atoms with Gasteiger partial charge in [-0.25, -0.2) is 4.98 Å². The van der Waals surface area contributed by atoms with Crippen molar-refractivity contribution in [1.29, 1.82) is 0 Å². The highest BCUT2D eigenvalue weighted by molar-refractivity contribution is 6.32. The number of anilines is 1. The maximum Gasteiger partial charge on any atom is 0.276 e. The zero-order valence-corrected chi connectivity index (χ0v) is 15.1. The summed E-state index contributed by atoms with van der Waals surface area (Å²) in [7, 11) is 1.62. The minimum atomic E-state index is -0.0742. The number of amides is 1. The number of aromatic nitrogens is 1. The molecule has 2 aliphatic rings. The number of fused-ring (bicyclic) bond motifs is 2. The van der Waals surface area contributed by atoms with Gasteiger partial charge in [-0.15, -0.1) is 0 Å². The molecule has 4 nitrogen and oxygen atoms in total. The lowest BCUT2D eigenvalue weighted by molar-refractivity contribution is 0.0979. The number of methoxy groups -OCH3 is 1. The van der Waals surface area contributed by atoms with Gasteiger partial charge in [-0.2, -0.15) is 0 Å². The maximum atomic E-state index is 13.2. The van der Waals surface area contributed by atoms with Gasteiger partial charge in [0.1, 0.15) is 11.4 Å². The van der Waals surface area contributed by atoms with Gasteiger partial charge in [0.15, 0.2) is 0 Å². The summed E-state index contributed by atoms with van der Waals surface area (Å²) in [5.74, 6) is 0.611. The van der Waals surface area contributed by atoms with E-state index in [9.17, 15) is 4.79 Å².